The Labute approximate surface area is 149 Å². The van der Waals surface area contributed by atoms with E-state index in [2.05, 4.69) is 11.9 Å². The molecule has 2 aromatic carbocycles. The summed E-state index contributed by atoms with van der Waals surface area (Å²) < 4.78 is 0. The van der Waals surface area contributed by atoms with Crippen molar-refractivity contribution in [3.63, 3.8) is 0 Å². The molecule has 0 unspecified atom stereocenters. The molecule has 0 spiro atoms. The highest BCUT2D eigenvalue weighted by molar-refractivity contribution is 6.31. The van der Waals surface area contributed by atoms with Crippen LogP contribution >= 0.6 is 11.6 Å². The minimum atomic E-state index is -1.20. The smallest absolute Gasteiger partial charge is 0.337 e. The summed E-state index contributed by atoms with van der Waals surface area (Å²) in [4.78, 5) is 35.3. The average molecular weight is 356 g/mol. The molecular formula is C19H14ClNO4. The molecule has 0 bridgehead atoms. The van der Waals surface area contributed by atoms with Gasteiger partial charge in [0, 0.05) is 16.1 Å². The molecule has 0 aromatic heterocycles. The maximum absolute atomic E-state index is 12.3. The number of aromatic carboxylic acids is 1. The topological polar surface area (TPSA) is 83.5 Å². The van der Waals surface area contributed by atoms with Gasteiger partial charge in [0.15, 0.2) is 5.78 Å². The van der Waals surface area contributed by atoms with Crippen LogP contribution < -0.4 is 5.32 Å². The second-order valence-electron chi connectivity index (χ2n) is 4.99. The third-order valence-corrected chi connectivity index (χ3v) is 3.51. The Kier molecular flexibility index (Phi) is 5.87. The number of hydrogen-bond acceptors (Lipinski definition) is 3. The molecule has 0 fully saturated rings. The highest BCUT2D eigenvalue weighted by Gasteiger charge is 2.14. The monoisotopic (exact) mass is 355 g/mol. The van der Waals surface area contributed by atoms with Gasteiger partial charge in [0.2, 0.25) is 0 Å². The van der Waals surface area contributed by atoms with Crippen LogP contribution in [0.4, 0.5) is 5.69 Å². The number of carbonyl (C=O) groups is 3. The minimum absolute atomic E-state index is 0.109. The van der Waals surface area contributed by atoms with Crippen molar-refractivity contribution in [2.45, 2.75) is 0 Å². The molecule has 0 radical (unpaired) electrons. The van der Waals surface area contributed by atoms with Crippen molar-refractivity contribution in [2.24, 2.45) is 0 Å². The summed E-state index contributed by atoms with van der Waals surface area (Å²) in [6.45, 7) is 3.49. The van der Waals surface area contributed by atoms with Crippen LogP contribution in [-0.4, -0.2) is 22.8 Å². The number of carbonyl (C=O) groups excluding carboxylic acids is 2. The predicted molar refractivity (Wildman–Crippen MR) is 96.5 cm³/mol. The Morgan fingerprint density at radius 1 is 1.04 bits per heavy atom. The number of anilines is 1. The molecule has 0 saturated heterocycles. The third kappa shape index (κ3) is 4.65. The lowest BCUT2D eigenvalue weighted by Crippen LogP contribution is -2.15. The Morgan fingerprint density at radius 2 is 1.68 bits per heavy atom. The van der Waals surface area contributed by atoms with Crippen molar-refractivity contribution in [1.82, 2.24) is 0 Å². The summed E-state index contributed by atoms with van der Waals surface area (Å²) in [5, 5.41) is 12.0. The zero-order valence-corrected chi connectivity index (χ0v) is 13.8. The number of rotatable bonds is 6. The van der Waals surface area contributed by atoms with E-state index < -0.39 is 11.9 Å². The van der Waals surface area contributed by atoms with E-state index >= 15 is 0 Å². The second-order valence-corrected chi connectivity index (χ2v) is 5.42. The van der Waals surface area contributed by atoms with Gasteiger partial charge in [-0.3, -0.25) is 9.59 Å². The van der Waals surface area contributed by atoms with Crippen LogP contribution in [0.5, 0.6) is 0 Å². The number of nitrogens with one attached hydrogen (secondary N) is 1. The minimum Gasteiger partial charge on any atom is -0.478 e. The van der Waals surface area contributed by atoms with Gasteiger partial charge in [0.25, 0.3) is 5.91 Å². The molecule has 0 aliphatic heterocycles. The summed E-state index contributed by atoms with van der Waals surface area (Å²) in [7, 11) is 0. The summed E-state index contributed by atoms with van der Waals surface area (Å²) in [6, 6.07) is 10.2. The first-order valence-corrected chi connectivity index (χ1v) is 7.58. The van der Waals surface area contributed by atoms with Crippen LogP contribution in [0.25, 0.3) is 0 Å². The fourth-order valence-electron chi connectivity index (χ4n) is 2.03. The van der Waals surface area contributed by atoms with Crippen LogP contribution in [0, 0.1) is 0 Å². The second kappa shape index (κ2) is 8.08. The SMILES string of the molecule is C=C/C=C/C(=O)c1ccc(C(=O)Nc2ccc(Cl)cc2C(=O)O)cc1. The van der Waals surface area contributed by atoms with Crippen LogP contribution in [-0.2, 0) is 0 Å². The first-order chi connectivity index (χ1) is 11.9. The maximum atomic E-state index is 12.3. The predicted octanol–water partition coefficient (Wildman–Crippen LogP) is 4.22. The van der Waals surface area contributed by atoms with Crippen molar-refractivity contribution in [1.29, 1.82) is 0 Å². The van der Waals surface area contributed by atoms with E-state index in [1.165, 1.54) is 60.7 Å². The van der Waals surface area contributed by atoms with E-state index in [-0.39, 0.29) is 27.6 Å². The molecule has 0 atom stereocenters. The molecule has 0 heterocycles. The summed E-state index contributed by atoms with van der Waals surface area (Å²) in [5.41, 5.74) is 0.737. The van der Waals surface area contributed by atoms with Crippen LogP contribution in [0.3, 0.4) is 0 Å². The zero-order chi connectivity index (χ0) is 18.4. The standard InChI is InChI=1S/C19H14ClNO4/c1-2-3-4-17(22)12-5-7-13(8-6-12)18(23)21-16-10-9-14(20)11-15(16)19(24)25/h2-11H,1H2,(H,21,23)(H,24,25)/b4-3+. The number of ketones is 1. The number of carboxylic acids is 1. The van der Waals surface area contributed by atoms with Gasteiger partial charge in [-0.25, -0.2) is 4.79 Å². The normalized spacial score (nSPS) is 10.4. The van der Waals surface area contributed by atoms with Gasteiger partial charge in [0.05, 0.1) is 11.3 Å². The quantitative estimate of drug-likeness (QED) is 0.461. The van der Waals surface area contributed by atoms with Crippen molar-refractivity contribution in [3.8, 4) is 0 Å². The number of amides is 1. The van der Waals surface area contributed by atoms with Gasteiger partial charge < -0.3 is 10.4 Å². The summed E-state index contributed by atoms with van der Waals surface area (Å²) >= 11 is 5.78. The molecule has 25 heavy (non-hydrogen) atoms. The van der Waals surface area contributed by atoms with E-state index in [4.69, 9.17) is 11.6 Å². The highest BCUT2D eigenvalue weighted by atomic mass is 35.5. The fourth-order valence-corrected chi connectivity index (χ4v) is 2.21. The third-order valence-electron chi connectivity index (χ3n) is 3.28. The Morgan fingerprint density at radius 3 is 2.28 bits per heavy atom. The van der Waals surface area contributed by atoms with Crippen LogP contribution in [0.1, 0.15) is 31.1 Å². The van der Waals surface area contributed by atoms with Gasteiger partial charge in [-0.2, -0.15) is 0 Å². The lowest BCUT2D eigenvalue weighted by Gasteiger charge is -2.09. The van der Waals surface area contributed by atoms with E-state index in [1.807, 2.05) is 0 Å². The molecule has 1 amide bonds. The first-order valence-electron chi connectivity index (χ1n) is 7.20. The van der Waals surface area contributed by atoms with Gasteiger partial charge in [0.1, 0.15) is 0 Å². The number of halogens is 1. The molecule has 2 aromatic rings. The summed E-state index contributed by atoms with van der Waals surface area (Å²) in [5.74, 6) is -1.91. The zero-order valence-electron chi connectivity index (χ0n) is 13.0. The average Bonchev–Trinajstić information content (AvgIpc) is 2.61. The Bertz CT molecular complexity index is 869. The maximum Gasteiger partial charge on any atom is 0.337 e. The fraction of sp³-hybridized carbons (Fsp3) is 0. The Hall–Kier alpha value is -3.18. The number of benzene rings is 2. The van der Waals surface area contributed by atoms with Crippen LogP contribution in [0.15, 0.2) is 67.3 Å². The molecule has 0 aliphatic carbocycles. The van der Waals surface area contributed by atoms with Crippen molar-refractivity contribution < 1.29 is 19.5 Å². The Balaban J connectivity index is 2.19. The molecule has 2 rings (SSSR count). The van der Waals surface area contributed by atoms with Crippen molar-refractivity contribution in [2.75, 3.05) is 5.32 Å². The van der Waals surface area contributed by atoms with E-state index in [0.29, 0.717) is 5.56 Å². The molecule has 126 valence electrons. The van der Waals surface area contributed by atoms with Gasteiger partial charge in [-0.1, -0.05) is 42.5 Å². The number of allylic oxidation sites excluding steroid dienone is 3. The van der Waals surface area contributed by atoms with Crippen molar-refractivity contribution >= 4 is 34.9 Å². The molecule has 6 heteroatoms. The molecule has 0 aliphatic rings. The lowest BCUT2D eigenvalue weighted by atomic mass is 10.1. The number of hydrogen-bond donors (Lipinski definition) is 2. The molecular weight excluding hydrogens is 342 g/mol. The molecule has 2 N–H and O–H groups in total. The van der Waals surface area contributed by atoms with Gasteiger partial charge in [-0.15, -0.1) is 0 Å². The first kappa shape index (κ1) is 18.2. The number of carboxylic acid groups (broad SMARTS) is 1. The summed E-state index contributed by atoms with van der Waals surface area (Å²) in [6.07, 6.45) is 4.39. The van der Waals surface area contributed by atoms with Gasteiger partial charge >= 0.3 is 5.97 Å². The largest absolute Gasteiger partial charge is 0.478 e. The molecule has 0 saturated carbocycles. The van der Waals surface area contributed by atoms with E-state index in [9.17, 15) is 19.5 Å². The lowest BCUT2D eigenvalue weighted by molar-refractivity contribution is 0.0698. The van der Waals surface area contributed by atoms with E-state index in [1.54, 1.807) is 0 Å². The highest BCUT2D eigenvalue weighted by Crippen LogP contribution is 2.21. The molecule has 5 nitrogen and oxygen atoms in total. The van der Waals surface area contributed by atoms with Gasteiger partial charge in [-0.05, 0) is 36.4 Å². The van der Waals surface area contributed by atoms with Crippen LogP contribution in [0.2, 0.25) is 5.02 Å². The van der Waals surface area contributed by atoms with E-state index in [0.717, 1.165) is 0 Å². The van der Waals surface area contributed by atoms with Crippen molar-refractivity contribution in [3.05, 3.63) is 89.0 Å².